The van der Waals surface area contributed by atoms with E-state index < -0.39 is 0 Å². The molecule has 0 bridgehead atoms. The van der Waals surface area contributed by atoms with Crippen LogP contribution >= 0.6 is 0 Å². The fraction of sp³-hybridized carbons (Fsp3) is 0.214. The van der Waals surface area contributed by atoms with Crippen LogP contribution in [0.4, 0.5) is 0 Å². The standard InChI is InChI=1S/C14H15N5O/c15-6-1-2-13-16-7-5-10(17-13)9-3-4-11-12(8-9)19-14(20)18-11/h3-5,7-8H,1-2,6,15H2,(H2,18,19,20). The number of H-pyrrole nitrogens is 2. The van der Waals surface area contributed by atoms with E-state index in [1.54, 1.807) is 6.20 Å². The summed E-state index contributed by atoms with van der Waals surface area (Å²) >= 11 is 0. The molecule has 0 aliphatic heterocycles. The molecule has 0 aliphatic carbocycles. The Morgan fingerprint density at radius 2 is 2.00 bits per heavy atom. The number of nitrogens with two attached hydrogens (primary N) is 1. The summed E-state index contributed by atoms with van der Waals surface area (Å²) < 4.78 is 0. The van der Waals surface area contributed by atoms with Gasteiger partial charge in [-0.1, -0.05) is 6.07 Å². The zero-order valence-electron chi connectivity index (χ0n) is 10.9. The van der Waals surface area contributed by atoms with Gasteiger partial charge in [0.1, 0.15) is 5.82 Å². The van der Waals surface area contributed by atoms with Gasteiger partial charge >= 0.3 is 5.69 Å². The first-order chi connectivity index (χ1) is 9.76. The smallest absolute Gasteiger partial charge is 0.323 e. The van der Waals surface area contributed by atoms with Crippen molar-refractivity contribution in [3.63, 3.8) is 0 Å². The molecule has 0 unspecified atom stereocenters. The number of benzene rings is 1. The van der Waals surface area contributed by atoms with Gasteiger partial charge < -0.3 is 15.7 Å². The van der Waals surface area contributed by atoms with Gasteiger partial charge in [-0.15, -0.1) is 0 Å². The first-order valence-corrected chi connectivity index (χ1v) is 6.50. The molecule has 4 N–H and O–H groups in total. The van der Waals surface area contributed by atoms with Crippen LogP contribution in [0.15, 0.2) is 35.3 Å². The van der Waals surface area contributed by atoms with Gasteiger partial charge in [0.05, 0.1) is 16.7 Å². The molecule has 0 saturated heterocycles. The Morgan fingerprint density at radius 1 is 1.15 bits per heavy atom. The first kappa shape index (κ1) is 12.6. The van der Waals surface area contributed by atoms with Crippen molar-refractivity contribution in [1.82, 2.24) is 19.9 Å². The number of aromatic amines is 2. The summed E-state index contributed by atoms with van der Waals surface area (Å²) in [7, 11) is 0. The molecule has 0 spiro atoms. The fourth-order valence-electron chi connectivity index (χ4n) is 2.13. The number of aryl methyl sites for hydroxylation is 1. The zero-order chi connectivity index (χ0) is 13.9. The van der Waals surface area contributed by atoms with E-state index >= 15 is 0 Å². The van der Waals surface area contributed by atoms with Crippen molar-refractivity contribution in [2.24, 2.45) is 5.73 Å². The topological polar surface area (TPSA) is 100 Å². The third kappa shape index (κ3) is 2.46. The number of aromatic nitrogens is 4. The van der Waals surface area contributed by atoms with E-state index in [-0.39, 0.29) is 5.69 Å². The molecule has 0 fully saturated rings. The van der Waals surface area contributed by atoms with Crippen LogP contribution in [0, 0.1) is 0 Å². The van der Waals surface area contributed by atoms with E-state index in [1.807, 2.05) is 24.3 Å². The molecule has 0 saturated carbocycles. The largest absolute Gasteiger partial charge is 0.330 e. The molecule has 1 aromatic carbocycles. The Hall–Kier alpha value is -2.47. The Kier molecular flexibility index (Phi) is 3.30. The van der Waals surface area contributed by atoms with Crippen molar-refractivity contribution in [2.75, 3.05) is 6.54 Å². The third-order valence-electron chi connectivity index (χ3n) is 3.12. The molecule has 2 heterocycles. The highest BCUT2D eigenvalue weighted by Crippen LogP contribution is 2.20. The van der Waals surface area contributed by atoms with Crippen molar-refractivity contribution in [2.45, 2.75) is 12.8 Å². The quantitative estimate of drug-likeness (QED) is 0.662. The van der Waals surface area contributed by atoms with E-state index in [1.165, 1.54) is 0 Å². The van der Waals surface area contributed by atoms with Crippen LogP contribution in [0.25, 0.3) is 22.3 Å². The summed E-state index contributed by atoms with van der Waals surface area (Å²) in [5, 5.41) is 0. The van der Waals surface area contributed by atoms with Crippen LogP contribution < -0.4 is 11.4 Å². The number of imidazole rings is 1. The molecule has 0 amide bonds. The summed E-state index contributed by atoms with van der Waals surface area (Å²) in [5.41, 5.74) is 8.64. The first-order valence-electron chi connectivity index (χ1n) is 6.50. The van der Waals surface area contributed by atoms with Crippen LogP contribution in [-0.2, 0) is 6.42 Å². The maximum atomic E-state index is 11.3. The highest BCUT2D eigenvalue weighted by Gasteiger charge is 2.05. The van der Waals surface area contributed by atoms with Crippen LogP contribution in [0.3, 0.4) is 0 Å². The van der Waals surface area contributed by atoms with Gasteiger partial charge in [0.2, 0.25) is 0 Å². The van der Waals surface area contributed by atoms with Gasteiger partial charge in [-0.05, 0) is 31.2 Å². The number of rotatable bonds is 4. The maximum Gasteiger partial charge on any atom is 0.323 e. The minimum atomic E-state index is -0.205. The average Bonchev–Trinajstić information content (AvgIpc) is 2.84. The SMILES string of the molecule is NCCCc1nccc(-c2ccc3[nH]c(=O)[nH]c3c2)n1. The summed E-state index contributed by atoms with van der Waals surface area (Å²) in [4.78, 5) is 25.5. The van der Waals surface area contributed by atoms with E-state index in [0.29, 0.717) is 6.54 Å². The number of hydrogen-bond donors (Lipinski definition) is 3. The molecule has 3 rings (SSSR count). The van der Waals surface area contributed by atoms with Crippen molar-refractivity contribution in [3.05, 3.63) is 46.8 Å². The molecule has 0 atom stereocenters. The minimum Gasteiger partial charge on any atom is -0.330 e. The second-order valence-electron chi connectivity index (χ2n) is 4.59. The Morgan fingerprint density at radius 3 is 2.85 bits per heavy atom. The molecule has 0 aliphatic rings. The molecule has 3 aromatic rings. The Labute approximate surface area is 115 Å². The number of nitrogens with zero attached hydrogens (tertiary/aromatic N) is 2. The van der Waals surface area contributed by atoms with Crippen LogP contribution in [0.2, 0.25) is 0 Å². The molecular weight excluding hydrogens is 254 g/mol. The van der Waals surface area contributed by atoms with Crippen molar-refractivity contribution in [3.8, 4) is 11.3 Å². The Balaban J connectivity index is 1.99. The molecular formula is C14H15N5O. The lowest BCUT2D eigenvalue weighted by atomic mass is 10.1. The predicted molar refractivity (Wildman–Crippen MR) is 77.3 cm³/mol. The highest BCUT2D eigenvalue weighted by atomic mass is 16.1. The number of hydrogen-bond acceptors (Lipinski definition) is 4. The van der Waals surface area contributed by atoms with Gasteiger partial charge in [-0.2, -0.15) is 0 Å². The second kappa shape index (κ2) is 5.26. The van der Waals surface area contributed by atoms with Crippen molar-refractivity contribution >= 4 is 11.0 Å². The maximum absolute atomic E-state index is 11.3. The monoisotopic (exact) mass is 269 g/mol. The van der Waals surface area contributed by atoms with E-state index in [9.17, 15) is 4.79 Å². The van der Waals surface area contributed by atoms with Crippen molar-refractivity contribution in [1.29, 1.82) is 0 Å². The lowest BCUT2D eigenvalue weighted by Crippen LogP contribution is -2.03. The summed E-state index contributed by atoms with van der Waals surface area (Å²) in [6.45, 7) is 0.629. The summed E-state index contributed by atoms with van der Waals surface area (Å²) in [5.74, 6) is 0.788. The Bertz CT molecular complexity index is 789. The summed E-state index contributed by atoms with van der Waals surface area (Å²) in [6.07, 6.45) is 3.39. The van der Waals surface area contributed by atoms with Gasteiger partial charge in [0, 0.05) is 18.2 Å². The van der Waals surface area contributed by atoms with Gasteiger partial charge in [-0.25, -0.2) is 14.8 Å². The molecule has 0 radical (unpaired) electrons. The normalized spacial score (nSPS) is 11.1. The molecule has 2 aromatic heterocycles. The molecule has 102 valence electrons. The lowest BCUT2D eigenvalue weighted by molar-refractivity contribution is 0.782. The van der Waals surface area contributed by atoms with E-state index in [0.717, 1.165) is 41.0 Å². The van der Waals surface area contributed by atoms with Crippen LogP contribution in [0.5, 0.6) is 0 Å². The average molecular weight is 269 g/mol. The zero-order valence-corrected chi connectivity index (χ0v) is 10.9. The predicted octanol–water partition coefficient (Wildman–Crippen LogP) is 1.20. The van der Waals surface area contributed by atoms with Crippen LogP contribution in [0.1, 0.15) is 12.2 Å². The number of nitrogens with one attached hydrogen (secondary N) is 2. The highest BCUT2D eigenvalue weighted by molar-refractivity contribution is 5.80. The molecule has 20 heavy (non-hydrogen) atoms. The van der Waals surface area contributed by atoms with E-state index in [2.05, 4.69) is 19.9 Å². The molecule has 6 heteroatoms. The van der Waals surface area contributed by atoms with E-state index in [4.69, 9.17) is 5.73 Å². The lowest BCUT2D eigenvalue weighted by Gasteiger charge is -2.03. The summed E-state index contributed by atoms with van der Waals surface area (Å²) in [6, 6.07) is 7.56. The number of fused-ring (bicyclic) bond motifs is 1. The minimum absolute atomic E-state index is 0.205. The second-order valence-corrected chi connectivity index (χ2v) is 4.59. The third-order valence-corrected chi connectivity index (χ3v) is 3.12. The molecule has 6 nitrogen and oxygen atoms in total. The van der Waals surface area contributed by atoms with Crippen LogP contribution in [-0.4, -0.2) is 26.5 Å². The fourth-order valence-corrected chi connectivity index (χ4v) is 2.13. The van der Waals surface area contributed by atoms with Crippen molar-refractivity contribution < 1.29 is 0 Å². The van der Waals surface area contributed by atoms with Gasteiger partial charge in [-0.3, -0.25) is 0 Å². The van der Waals surface area contributed by atoms with Gasteiger partial charge in [0.15, 0.2) is 0 Å². The van der Waals surface area contributed by atoms with Gasteiger partial charge in [0.25, 0.3) is 0 Å².